The minimum Gasteiger partial charge on any atom is -0.315 e. The molecule has 106 valence electrons. The number of piperidine rings is 1. The second-order valence-electron chi connectivity index (χ2n) is 6.61. The van der Waals surface area contributed by atoms with Crippen LogP contribution in [0.5, 0.6) is 0 Å². The maximum Gasteiger partial charge on any atom is 0.0123 e. The summed E-state index contributed by atoms with van der Waals surface area (Å²) in [6, 6.07) is 1.61. The van der Waals surface area contributed by atoms with E-state index in [0.29, 0.717) is 6.04 Å². The monoisotopic (exact) mass is 252 g/mol. The van der Waals surface area contributed by atoms with E-state index in [-0.39, 0.29) is 0 Å². The Balaban J connectivity index is 1.55. The topological polar surface area (TPSA) is 15.3 Å². The molecule has 1 aliphatic heterocycles. The lowest BCUT2D eigenvalue weighted by molar-refractivity contribution is 0.111. The van der Waals surface area contributed by atoms with E-state index < -0.39 is 0 Å². The SMILES string of the molecule is CC(C)NCCCCCN1CCCC2CCCC21. The summed E-state index contributed by atoms with van der Waals surface area (Å²) in [5, 5.41) is 3.51. The van der Waals surface area contributed by atoms with Crippen molar-refractivity contribution in [1.29, 1.82) is 0 Å². The second-order valence-corrected chi connectivity index (χ2v) is 6.61. The van der Waals surface area contributed by atoms with Gasteiger partial charge in [-0.2, -0.15) is 0 Å². The van der Waals surface area contributed by atoms with Gasteiger partial charge in [-0.15, -0.1) is 0 Å². The molecule has 2 fully saturated rings. The summed E-state index contributed by atoms with van der Waals surface area (Å²) in [4.78, 5) is 2.82. The molecular weight excluding hydrogens is 220 g/mol. The minimum atomic E-state index is 0.645. The number of hydrogen-bond acceptors (Lipinski definition) is 2. The van der Waals surface area contributed by atoms with Crippen molar-refractivity contribution in [2.24, 2.45) is 5.92 Å². The molecule has 2 heteroatoms. The zero-order valence-electron chi connectivity index (χ0n) is 12.5. The molecule has 0 spiro atoms. The van der Waals surface area contributed by atoms with Gasteiger partial charge in [0.1, 0.15) is 0 Å². The van der Waals surface area contributed by atoms with Gasteiger partial charge < -0.3 is 10.2 Å². The Kier molecular flexibility index (Phi) is 5.97. The summed E-state index contributed by atoms with van der Waals surface area (Å²) in [5.74, 6) is 1.06. The summed E-state index contributed by atoms with van der Waals surface area (Å²) in [6.07, 6.45) is 11.6. The Morgan fingerprint density at radius 1 is 1.06 bits per heavy atom. The van der Waals surface area contributed by atoms with Crippen molar-refractivity contribution < 1.29 is 0 Å². The summed E-state index contributed by atoms with van der Waals surface area (Å²) >= 11 is 0. The van der Waals surface area contributed by atoms with Gasteiger partial charge in [-0.25, -0.2) is 0 Å². The van der Waals surface area contributed by atoms with Gasteiger partial charge in [0, 0.05) is 12.1 Å². The van der Waals surface area contributed by atoms with E-state index in [1.54, 1.807) is 0 Å². The fourth-order valence-corrected chi connectivity index (χ4v) is 3.84. The summed E-state index contributed by atoms with van der Waals surface area (Å²) < 4.78 is 0. The van der Waals surface area contributed by atoms with Gasteiger partial charge >= 0.3 is 0 Å². The molecule has 0 bridgehead atoms. The van der Waals surface area contributed by atoms with Crippen LogP contribution >= 0.6 is 0 Å². The van der Waals surface area contributed by atoms with Crippen LogP contribution in [0.25, 0.3) is 0 Å². The first-order valence-electron chi connectivity index (χ1n) is 8.25. The quantitative estimate of drug-likeness (QED) is 0.698. The second kappa shape index (κ2) is 7.49. The third-order valence-corrected chi connectivity index (χ3v) is 4.78. The van der Waals surface area contributed by atoms with Crippen molar-refractivity contribution in [1.82, 2.24) is 10.2 Å². The smallest absolute Gasteiger partial charge is 0.0123 e. The van der Waals surface area contributed by atoms with Crippen molar-refractivity contribution in [3.05, 3.63) is 0 Å². The van der Waals surface area contributed by atoms with E-state index >= 15 is 0 Å². The van der Waals surface area contributed by atoms with Crippen molar-refractivity contribution >= 4 is 0 Å². The van der Waals surface area contributed by atoms with Crippen molar-refractivity contribution in [3.63, 3.8) is 0 Å². The molecule has 2 atom stereocenters. The highest BCUT2D eigenvalue weighted by atomic mass is 15.2. The fraction of sp³-hybridized carbons (Fsp3) is 1.00. The first-order valence-corrected chi connectivity index (χ1v) is 8.25. The number of likely N-dealkylation sites (tertiary alicyclic amines) is 1. The Bertz CT molecular complexity index is 227. The van der Waals surface area contributed by atoms with E-state index in [0.717, 1.165) is 12.0 Å². The Labute approximate surface area is 114 Å². The summed E-state index contributed by atoms with van der Waals surface area (Å²) in [6.45, 7) is 8.40. The van der Waals surface area contributed by atoms with E-state index in [9.17, 15) is 0 Å². The van der Waals surface area contributed by atoms with Crippen LogP contribution in [0, 0.1) is 5.92 Å². The molecule has 1 N–H and O–H groups in total. The van der Waals surface area contributed by atoms with E-state index in [1.165, 1.54) is 71.0 Å². The molecule has 1 heterocycles. The van der Waals surface area contributed by atoms with Crippen LogP contribution in [0.3, 0.4) is 0 Å². The third-order valence-electron chi connectivity index (χ3n) is 4.78. The number of fused-ring (bicyclic) bond motifs is 1. The molecule has 2 aliphatic rings. The number of hydrogen-bond donors (Lipinski definition) is 1. The van der Waals surface area contributed by atoms with E-state index in [1.807, 2.05) is 0 Å². The molecule has 2 unspecified atom stereocenters. The molecule has 1 saturated heterocycles. The van der Waals surface area contributed by atoms with Gasteiger partial charge in [-0.3, -0.25) is 0 Å². The van der Waals surface area contributed by atoms with Gasteiger partial charge in [-0.1, -0.05) is 26.7 Å². The van der Waals surface area contributed by atoms with Gasteiger partial charge in [0.15, 0.2) is 0 Å². The maximum atomic E-state index is 3.51. The van der Waals surface area contributed by atoms with Crippen LogP contribution in [0.1, 0.15) is 65.2 Å². The minimum absolute atomic E-state index is 0.645. The van der Waals surface area contributed by atoms with E-state index in [2.05, 4.69) is 24.1 Å². The zero-order chi connectivity index (χ0) is 12.8. The predicted octanol–water partition coefficient (Wildman–Crippen LogP) is 3.42. The summed E-state index contributed by atoms with van der Waals surface area (Å²) in [5.41, 5.74) is 0. The highest BCUT2D eigenvalue weighted by Gasteiger charge is 2.34. The first kappa shape index (κ1) is 14.3. The van der Waals surface area contributed by atoms with Crippen molar-refractivity contribution in [2.45, 2.75) is 77.3 Å². The number of nitrogens with zero attached hydrogens (tertiary/aromatic N) is 1. The number of unbranched alkanes of at least 4 members (excludes halogenated alkanes) is 2. The Morgan fingerprint density at radius 2 is 1.89 bits per heavy atom. The molecular formula is C16H32N2. The molecule has 0 aromatic heterocycles. The van der Waals surface area contributed by atoms with Crippen LogP contribution < -0.4 is 5.32 Å². The van der Waals surface area contributed by atoms with Gasteiger partial charge in [0.2, 0.25) is 0 Å². The largest absolute Gasteiger partial charge is 0.315 e. The standard InChI is InChI=1S/C16H32N2/c1-14(2)17-11-4-3-5-12-18-13-7-9-15-8-6-10-16(15)18/h14-17H,3-13H2,1-2H3. The number of nitrogens with one attached hydrogen (secondary N) is 1. The summed E-state index contributed by atoms with van der Waals surface area (Å²) in [7, 11) is 0. The van der Waals surface area contributed by atoms with Crippen LogP contribution in [-0.2, 0) is 0 Å². The molecule has 1 aliphatic carbocycles. The lowest BCUT2D eigenvalue weighted by atomic mass is 9.92. The molecule has 0 aromatic rings. The number of rotatable bonds is 7. The highest BCUT2D eigenvalue weighted by molar-refractivity contribution is 4.88. The van der Waals surface area contributed by atoms with Crippen molar-refractivity contribution in [3.8, 4) is 0 Å². The molecule has 1 saturated carbocycles. The average Bonchev–Trinajstić information content (AvgIpc) is 2.82. The fourth-order valence-electron chi connectivity index (χ4n) is 3.84. The molecule has 0 radical (unpaired) electrons. The molecule has 0 aromatic carbocycles. The molecule has 2 nitrogen and oxygen atoms in total. The average molecular weight is 252 g/mol. The van der Waals surface area contributed by atoms with Crippen LogP contribution in [0.4, 0.5) is 0 Å². The van der Waals surface area contributed by atoms with Gasteiger partial charge in [0.25, 0.3) is 0 Å². The van der Waals surface area contributed by atoms with Gasteiger partial charge in [-0.05, 0) is 64.1 Å². The molecule has 2 rings (SSSR count). The predicted molar refractivity (Wildman–Crippen MR) is 78.9 cm³/mol. The third kappa shape index (κ3) is 4.24. The lowest BCUT2D eigenvalue weighted by Crippen LogP contribution is -2.42. The Hall–Kier alpha value is -0.0800. The highest BCUT2D eigenvalue weighted by Crippen LogP contribution is 2.36. The zero-order valence-corrected chi connectivity index (χ0v) is 12.5. The van der Waals surface area contributed by atoms with Crippen LogP contribution in [0.2, 0.25) is 0 Å². The van der Waals surface area contributed by atoms with Crippen LogP contribution in [-0.4, -0.2) is 36.6 Å². The normalized spacial score (nSPS) is 28.8. The van der Waals surface area contributed by atoms with Gasteiger partial charge in [0.05, 0.1) is 0 Å². The maximum absolute atomic E-state index is 3.51. The van der Waals surface area contributed by atoms with E-state index in [4.69, 9.17) is 0 Å². The van der Waals surface area contributed by atoms with Crippen LogP contribution in [0.15, 0.2) is 0 Å². The lowest BCUT2D eigenvalue weighted by Gasteiger charge is -2.37. The Morgan fingerprint density at radius 3 is 2.72 bits per heavy atom. The molecule has 18 heavy (non-hydrogen) atoms. The van der Waals surface area contributed by atoms with Crippen molar-refractivity contribution in [2.75, 3.05) is 19.6 Å². The molecule has 0 amide bonds. The first-order chi connectivity index (χ1) is 8.77.